The summed E-state index contributed by atoms with van der Waals surface area (Å²) in [7, 11) is 3.14. The van der Waals surface area contributed by atoms with Gasteiger partial charge in [0.2, 0.25) is 0 Å². The Labute approximate surface area is 128 Å². The normalized spacial score (nSPS) is 10.7. The summed E-state index contributed by atoms with van der Waals surface area (Å²) in [6, 6.07) is 10.0. The van der Waals surface area contributed by atoms with Gasteiger partial charge in [-0.25, -0.2) is 0 Å². The van der Waals surface area contributed by atoms with E-state index in [9.17, 15) is 10.1 Å². The van der Waals surface area contributed by atoms with Gasteiger partial charge in [0.15, 0.2) is 11.5 Å². The summed E-state index contributed by atoms with van der Waals surface area (Å²) in [5.74, 6) is 1.26. The number of nitro groups is 1. The van der Waals surface area contributed by atoms with Crippen LogP contribution in [0.1, 0.15) is 11.1 Å². The van der Waals surface area contributed by atoms with Crippen molar-refractivity contribution in [2.24, 2.45) is 4.99 Å². The number of nitro benzene ring substituents is 1. The number of rotatable bonds is 5. The Morgan fingerprint density at radius 1 is 1.09 bits per heavy atom. The SMILES string of the molecule is COc1ccc(C=Nc2ccc([N+](=O)[O-])cc2C)cc1OC. The Kier molecular flexibility index (Phi) is 4.73. The Bertz CT molecular complexity index is 726. The average Bonchev–Trinajstić information content (AvgIpc) is 2.53. The highest BCUT2D eigenvalue weighted by atomic mass is 16.6. The summed E-state index contributed by atoms with van der Waals surface area (Å²) in [5.41, 5.74) is 2.32. The highest BCUT2D eigenvalue weighted by Gasteiger charge is 2.07. The largest absolute Gasteiger partial charge is 0.493 e. The van der Waals surface area contributed by atoms with Crippen molar-refractivity contribution in [2.75, 3.05) is 14.2 Å². The molecule has 0 bridgehead atoms. The number of nitrogens with zero attached hydrogens (tertiary/aromatic N) is 2. The molecule has 0 aliphatic rings. The third-order valence-corrected chi connectivity index (χ3v) is 3.15. The Hall–Kier alpha value is -2.89. The third kappa shape index (κ3) is 3.41. The van der Waals surface area contributed by atoms with E-state index in [1.165, 1.54) is 12.1 Å². The van der Waals surface area contributed by atoms with Crippen molar-refractivity contribution in [1.29, 1.82) is 0 Å². The van der Waals surface area contributed by atoms with Crippen LogP contribution < -0.4 is 9.47 Å². The highest BCUT2D eigenvalue weighted by Crippen LogP contribution is 2.28. The van der Waals surface area contributed by atoms with Crippen LogP contribution in [0.4, 0.5) is 11.4 Å². The lowest BCUT2D eigenvalue weighted by atomic mass is 10.1. The van der Waals surface area contributed by atoms with Gasteiger partial charge >= 0.3 is 0 Å². The Morgan fingerprint density at radius 3 is 2.41 bits per heavy atom. The molecule has 0 N–H and O–H groups in total. The van der Waals surface area contributed by atoms with Gasteiger partial charge in [-0.15, -0.1) is 0 Å². The molecule has 0 saturated carbocycles. The molecule has 2 rings (SSSR count). The summed E-state index contributed by atoms with van der Waals surface area (Å²) in [6.07, 6.45) is 1.68. The molecule has 22 heavy (non-hydrogen) atoms. The first-order valence-electron chi connectivity index (χ1n) is 6.56. The van der Waals surface area contributed by atoms with Crippen molar-refractivity contribution in [3.05, 3.63) is 57.6 Å². The fourth-order valence-corrected chi connectivity index (χ4v) is 1.98. The summed E-state index contributed by atoms with van der Waals surface area (Å²) >= 11 is 0. The minimum Gasteiger partial charge on any atom is -0.493 e. The first-order valence-corrected chi connectivity index (χ1v) is 6.56. The van der Waals surface area contributed by atoms with Gasteiger partial charge in [0, 0.05) is 18.3 Å². The van der Waals surface area contributed by atoms with Crippen LogP contribution in [0.2, 0.25) is 0 Å². The van der Waals surface area contributed by atoms with E-state index in [1.54, 1.807) is 39.5 Å². The maximum absolute atomic E-state index is 10.7. The van der Waals surface area contributed by atoms with E-state index in [4.69, 9.17) is 9.47 Å². The minimum atomic E-state index is -0.422. The molecule has 0 fully saturated rings. The zero-order chi connectivity index (χ0) is 16.1. The maximum atomic E-state index is 10.7. The van der Waals surface area contributed by atoms with Crippen LogP contribution in [0.15, 0.2) is 41.4 Å². The quantitative estimate of drug-likeness (QED) is 0.479. The van der Waals surface area contributed by atoms with Crippen molar-refractivity contribution in [3.63, 3.8) is 0 Å². The zero-order valence-electron chi connectivity index (χ0n) is 12.6. The summed E-state index contributed by atoms with van der Waals surface area (Å²) in [6.45, 7) is 1.79. The molecule has 0 unspecified atom stereocenters. The predicted octanol–water partition coefficient (Wildman–Crippen LogP) is 3.67. The van der Waals surface area contributed by atoms with E-state index in [0.717, 1.165) is 11.1 Å². The van der Waals surface area contributed by atoms with E-state index in [-0.39, 0.29) is 5.69 Å². The number of hydrogen-bond acceptors (Lipinski definition) is 5. The molecule has 6 nitrogen and oxygen atoms in total. The molecule has 0 aliphatic carbocycles. The van der Waals surface area contributed by atoms with Crippen molar-refractivity contribution in [3.8, 4) is 11.5 Å². The molecule has 0 spiro atoms. The van der Waals surface area contributed by atoms with Crippen LogP contribution in [-0.2, 0) is 0 Å². The number of aliphatic imine (C=N–C) groups is 1. The summed E-state index contributed by atoms with van der Waals surface area (Å²) in [5, 5.41) is 10.7. The first-order chi connectivity index (χ1) is 10.5. The number of ether oxygens (including phenoxy) is 2. The van der Waals surface area contributed by atoms with Gasteiger partial charge in [0.25, 0.3) is 5.69 Å². The van der Waals surface area contributed by atoms with Crippen molar-refractivity contribution >= 4 is 17.6 Å². The number of non-ortho nitro benzene ring substituents is 1. The fourth-order valence-electron chi connectivity index (χ4n) is 1.98. The topological polar surface area (TPSA) is 74.0 Å². The molecule has 0 radical (unpaired) electrons. The molecule has 2 aromatic carbocycles. The molecule has 0 saturated heterocycles. The summed E-state index contributed by atoms with van der Waals surface area (Å²) in [4.78, 5) is 14.7. The van der Waals surface area contributed by atoms with Crippen LogP contribution in [0.5, 0.6) is 11.5 Å². The van der Waals surface area contributed by atoms with Gasteiger partial charge in [-0.1, -0.05) is 0 Å². The second-order valence-corrected chi connectivity index (χ2v) is 4.60. The lowest BCUT2D eigenvalue weighted by molar-refractivity contribution is -0.384. The third-order valence-electron chi connectivity index (χ3n) is 3.15. The van der Waals surface area contributed by atoms with Gasteiger partial charge in [0.1, 0.15) is 0 Å². The first kappa shape index (κ1) is 15.5. The van der Waals surface area contributed by atoms with E-state index in [1.807, 2.05) is 12.1 Å². The van der Waals surface area contributed by atoms with E-state index in [2.05, 4.69) is 4.99 Å². The van der Waals surface area contributed by atoms with E-state index >= 15 is 0 Å². The fraction of sp³-hybridized carbons (Fsp3) is 0.188. The Balaban J connectivity index is 2.27. The number of hydrogen-bond donors (Lipinski definition) is 0. The van der Waals surface area contributed by atoms with Crippen molar-refractivity contribution in [2.45, 2.75) is 6.92 Å². The standard InChI is InChI=1S/C16H16N2O4/c1-11-8-13(18(19)20)5-6-14(11)17-10-12-4-7-15(21-2)16(9-12)22-3/h4-10H,1-3H3. The Morgan fingerprint density at radius 2 is 1.82 bits per heavy atom. The molecule has 6 heteroatoms. The number of methoxy groups -OCH3 is 2. The van der Waals surface area contributed by atoms with Gasteiger partial charge in [-0.2, -0.15) is 0 Å². The molecule has 0 aromatic heterocycles. The van der Waals surface area contributed by atoms with Crippen LogP contribution >= 0.6 is 0 Å². The minimum absolute atomic E-state index is 0.0579. The van der Waals surface area contributed by atoms with Gasteiger partial charge in [-0.05, 0) is 42.3 Å². The second-order valence-electron chi connectivity index (χ2n) is 4.60. The zero-order valence-corrected chi connectivity index (χ0v) is 12.6. The van der Waals surface area contributed by atoms with Crippen LogP contribution in [0.25, 0.3) is 0 Å². The van der Waals surface area contributed by atoms with Crippen LogP contribution in [-0.4, -0.2) is 25.4 Å². The molecule has 114 valence electrons. The van der Waals surface area contributed by atoms with Crippen LogP contribution in [0.3, 0.4) is 0 Å². The van der Waals surface area contributed by atoms with Crippen molar-refractivity contribution in [1.82, 2.24) is 0 Å². The smallest absolute Gasteiger partial charge is 0.269 e. The molecular weight excluding hydrogens is 284 g/mol. The lowest BCUT2D eigenvalue weighted by Crippen LogP contribution is -1.92. The molecule has 0 atom stereocenters. The van der Waals surface area contributed by atoms with E-state index in [0.29, 0.717) is 17.2 Å². The molecule has 0 amide bonds. The van der Waals surface area contributed by atoms with Crippen LogP contribution in [0, 0.1) is 17.0 Å². The predicted molar refractivity (Wildman–Crippen MR) is 84.6 cm³/mol. The summed E-state index contributed by atoms with van der Waals surface area (Å²) < 4.78 is 10.4. The highest BCUT2D eigenvalue weighted by molar-refractivity contribution is 5.83. The van der Waals surface area contributed by atoms with Gasteiger partial charge in [0.05, 0.1) is 24.8 Å². The average molecular weight is 300 g/mol. The monoisotopic (exact) mass is 300 g/mol. The van der Waals surface area contributed by atoms with Gasteiger partial charge in [-0.3, -0.25) is 15.1 Å². The molecule has 0 heterocycles. The van der Waals surface area contributed by atoms with Gasteiger partial charge < -0.3 is 9.47 Å². The van der Waals surface area contributed by atoms with Crippen molar-refractivity contribution < 1.29 is 14.4 Å². The molecule has 2 aromatic rings. The molecular formula is C16H16N2O4. The second kappa shape index (κ2) is 6.71. The number of aryl methyl sites for hydroxylation is 1. The molecule has 0 aliphatic heterocycles. The maximum Gasteiger partial charge on any atom is 0.269 e. The lowest BCUT2D eigenvalue weighted by Gasteiger charge is -2.07. The van der Waals surface area contributed by atoms with E-state index < -0.39 is 4.92 Å². The number of benzene rings is 2.